The molecule has 3 aromatic rings. The van der Waals surface area contributed by atoms with Gasteiger partial charge in [-0.3, -0.25) is 4.79 Å². The lowest BCUT2D eigenvalue weighted by atomic mass is 10.0. The number of nitrogens with zero attached hydrogens (tertiary/aromatic N) is 3. The zero-order valence-electron chi connectivity index (χ0n) is 12.6. The lowest BCUT2D eigenvalue weighted by molar-refractivity contribution is -0.135. The van der Waals surface area contributed by atoms with Gasteiger partial charge in [-0.05, 0) is 12.1 Å². The summed E-state index contributed by atoms with van der Waals surface area (Å²) in [5, 5.41) is 14.0. The van der Waals surface area contributed by atoms with Crippen LogP contribution in [0.25, 0.3) is 16.6 Å². The highest BCUT2D eigenvalue weighted by atomic mass is 35.5. The first kappa shape index (κ1) is 15.2. The van der Waals surface area contributed by atoms with E-state index in [-0.39, 0.29) is 10.9 Å². The third kappa shape index (κ3) is 2.20. The number of aliphatic hydroxyl groups excluding tert-OH is 1. The fourth-order valence-corrected chi connectivity index (χ4v) is 3.42. The summed E-state index contributed by atoms with van der Waals surface area (Å²) in [6.07, 6.45) is 3.94. The molecule has 3 heterocycles. The Morgan fingerprint density at radius 3 is 3.04 bits per heavy atom. The maximum atomic E-state index is 14.5. The number of H-pyrrole nitrogens is 1. The molecule has 2 N–H and O–H groups in total. The topological polar surface area (TPSA) is 74.2 Å². The van der Waals surface area contributed by atoms with E-state index < -0.39 is 12.4 Å². The Morgan fingerprint density at radius 2 is 2.33 bits per heavy atom. The van der Waals surface area contributed by atoms with Crippen LogP contribution in [0.4, 0.5) is 4.39 Å². The van der Waals surface area contributed by atoms with Crippen LogP contribution in [-0.2, 0) is 17.8 Å². The number of nitrogens with one attached hydrogen (secondary N) is 1. The Hall–Kier alpha value is -2.38. The fraction of sp³-hybridized carbons (Fsp3) is 0.250. The number of carbonyl (C=O) groups excluding carboxylic acids is 1. The second kappa shape index (κ2) is 5.61. The average Bonchev–Trinajstić information content (AvgIpc) is 3.24. The Kier molecular flexibility index (Phi) is 3.54. The van der Waals surface area contributed by atoms with Gasteiger partial charge in [0.15, 0.2) is 5.82 Å². The van der Waals surface area contributed by atoms with Crippen molar-refractivity contribution in [3.63, 3.8) is 0 Å². The molecule has 0 saturated heterocycles. The number of halogens is 2. The van der Waals surface area contributed by atoms with Crippen molar-refractivity contribution in [3.05, 3.63) is 46.6 Å². The molecule has 1 aliphatic rings. The molecule has 1 aliphatic heterocycles. The lowest BCUT2D eigenvalue weighted by Crippen LogP contribution is -2.37. The van der Waals surface area contributed by atoms with Gasteiger partial charge >= 0.3 is 0 Å². The predicted molar refractivity (Wildman–Crippen MR) is 86.6 cm³/mol. The second-order valence-corrected chi connectivity index (χ2v) is 6.10. The van der Waals surface area contributed by atoms with Gasteiger partial charge in [-0.1, -0.05) is 11.6 Å². The summed E-state index contributed by atoms with van der Waals surface area (Å²) in [7, 11) is 0. The number of aromatic nitrogens is 3. The van der Waals surface area contributed by atoms with Crippen molar-refractivity contribution >= 4 is 28.4 Å². The van der Waals surface area contributed by atoms with Gasteiger partial charge in [0.1, 0.15) is 6.61 Å². The maximum Gasteiger partial charge on any atom is 0.248 e. The molecule has 0 bridgehead atoms. The van der Waals surface area contributed by atoms with Crippen LogP contribution in [-0.4, -0.2) is 43.8 Å². The third-order valence-electron chi connectivity index (χ3n) is 4.36. The zero-order chi connectivity index (χ0) is 16.8. The maximum absolute atomic E-state index is 14.5. The molecule has 1 aromatic carbocycles. The number of fused-ring (bicyclic) bond motifs is 3. The van der Waals surface area contributed by atoms with Crippen molar-refractivity contribution in [2.75, 3.05) is 13.2 Å². The van der Waals surface area contributed by atoms with Crippen LogP contribution in [0.2, 0.25) is 5.02 Å². The van der Waals surface area contributed by atoms with E-state index in [1.54, 1.807) is 28.0 Å². The minimum atomic E-state index is -0.538. The fourth-order valence-electron chi connectivity index (χ4n) is 3.22. The van der Waals surface area contributed by atoms with Crippen molar-refractivity contribution in [2.24, 2.45) is 0 Å². The van der Waals surface area contributed by atoms with E-state index in [0.29, 0.717) is 36.1 Å². The van der Waals surface area contributed by atoms with Gasteiger partial charge in [0, 0.05) is 48.5 Å². The van der Waals surface area contributed by atoms with E-state index in [1.165, 1.54) is 6.07 Å². The summed E-state index contributed by atoms with van der Waals surface area (Å²) >= 11 is 6.04. The highest BCUT2D eigenvalue weighted by molar-refractivity contribution is 6.32. The quantitative estimate of drug-likeness (QED) is 0.744. The number of hydrogen-bond acceptors (Lipinski definition) is 3. The normalized spacial score (nSPS) is 14.2. The molecule has 0 unspecified atom stereocenters. The average molecular weight is 349 g/mol. The first-order chi connectivity index (χ1) is 11.6. The number of aliphatic hydroxyl groups is 1. The van der Waals surface area contributed by atoms with Gasteiger partial charge in [0.05, 0.1) is 16.2 Å². The van der Waals surface area contributed by atoms with E-state index in [1.807, 2.05) is 0 Å². The van der Waals surface area contributed by atoms with Crippen LogP contribution in [0.5, 0.6) is 0 Å². The van der Waals surface area contributed by atoms with Crippen LogP contribution in [0.3, 0.4) is 0 Å². The van der Waals surface area contributed by atoms with Crippen molar-refractivity contribution in [3.8, 4) is 5.69 Å². The molecule has 1 amide bonds. The van der Waals surface area contributed by atoms with Crippen molar-refractivity contribution in [2.45, 2.75) is 13.0 Å². The van der Waals surface area contributed by atoms with Crippen LogP contribution < -0.4 is 0 Å². The second-order valence-electron chi connectivity index (χ2n) is 5.70. The standard InChI is InChI=1S/C16H14ClFN4O2/c17-10-6-12(22-4-1-3-19-22)14-9-7-21(13(24)8-23)5-2-11(9)20-16(14)15(10)18/h1,3-4,6,20,23H,2,5,7-8H2. The Morgan fingerprint density at radius 1 is 1.50 bits per heavy atom. The van der Waals surface area contributed by atoms with E-state index in [2.05, 4.69) is 10.1 Å². The molecule has 0 saturated carbocycles. The molecule has 4 rings (SSSR count). The van der Waals surface area contributed by atoms with Gasteiger partial charge in [-0.2, -0.15) is 5.10 Å². The number of hydrogen-bond donors (Lipinski definition) is 2. The number of benzene rings is 1. The lowest BCUT2D eigenvalue weighted by Gasteiger charge is -2.26. The number of amides is 1. The first-order valence-electron chi connectivity index (χ1n) is 7.50. The Bertz CT molecular complexity index is 936. The third-order valence-corrected chi connectivity index (χ3v) is 4.64. The molecule has 8 heteroatoms. The van der Waals surface area contributed by atoms with E-state index >= 15 is 0 Å². The van der Waals surface area contributed by atoms with Crippen molar-refractivity contribution < 1.29 is 14.3 Å². The van der Waals surface area contributed by atoms with E-state index in [4.69, 9.17) is 16.7 Å². The number of rotatable bonds is 2. The van der Waals surface area contributed by atoms with Gasteiger partial charge in [0.2, 0.25) is 5.91 Å². The highest BCUT2D eigenvalue weighted by Gasteiger charge is 2.27. The number of aromatic amines is 1. The zero-order valence-corrected chi connectivity index (χ0v) is 13.3. The summed E-state index contributed by atoms with van der Waals surface area (Å²) in [5.74, 6) is -0.859. The Labute approximate surface area is 141 Å². The molecule has 0 aliphatic carbocycles. The number of carbonyl (C=O) groups is 1. The smallest absolute Gasteiger partial charge is 0.248 e. The molecule has 0 fully saturated rings. The summed E-state index contributed by atoms with van der Waals surface area (Å²) in [6.45, 7) is 0.250. The van der Waals surface area contributed by atoms with Crippen LogP contribution in [0.15, 0.2) is 24.5 Å². The molecule has 6 nitrogen and oxygen atoms in total. The molecule has 24 heavy (non-hydrogen) atoms. The molecule has 2 aromatic heterocycles. The minimum Gasteiger partial charge on any atom is -0.387 e. The predicted octanol–water partition coefficient (Wildman–Crippen LogP) is 2.02. The first-order valence-corrected chi connectivity index (χ1v) is 7.88. The molecule has 0 spiro atoms. The molecule has 0 radical (unpaired) electrons. The van der Waals surface area contributed by atoms with Gasteiger partial charge in [0.25, 0.3) is 0 Å². The summed E-state index contributed by atoms with van der Waals surface area (Å²) < 4.78 is 16.1. The van der Waals surface area contributed by atoms with Crippen molar-refractivity contribution in [1.29, 1.82) is 0 Å². The van der Waals surface area contributed by atoms with E-state index in [9.17, 15) is 9.18 Å². The largest absolute Gasteiger partial charge is 0.387 e. The van der Waals surface area contributed by atoms with Crippen molar-refractivity contribution in [1.82, 2.24) is 19.7 Å². The highest BCUT2D eigenvalue weighted by Crippen LogP contribution is 2.36. The van der Waals surface area contributed by atoms with E-state index in [0.717, 1.165) is 11.3 Å². The summed E-state index contributed by atoms with van der Waals surface area (Å²) in [6, 6.07) is 3.30. The van der Waals surface area contributed by atoms with Crippen LogP contribution in [0.1, 0.15) is 11.3 Å². The minimum absolute atomic E-state index is 0.00916. The van der Waals surface area contributed by atoms with Crippen LogP contribution >= 0.6 is 11.6 Å². The van der Waals surface area contributed by atoms with Gasteiger partial charge in [-0.25, -0.2) is 9.07 Å². The molecular weight excluding hydrogens is 335 g/mol. The summed E-state index contributed by atoms with van der Waals surface area (Å²) in [5.41, 5.74) is 2.68. The SMILES string of the molecule is O=C(CO)N1CCc2[nH]c3c(F)c(Cl)cc(-n4cccn4)c3c2C1. The molecular formula is C16H14ClFN4O2. The summed E-state index contributed by atoms with van der Waals surface area (Å²) in [4.78, 5) is 16.5. The van der Waals surface area contributed by atoms with Gasteiger partial charge in [-0.15, -0.1) is 0 Å². The van der Waals surface area contributed by atoms with Crippen LogP contribution in [0, 0.1) is 5.82 Å². The molecule has 0 atom stereocenters. The molecule has 124 valence electrons. The monoisotopic (exact) mass is 348 g/mol. The van der Waals surface area contributed by atoms with Gasteiger partial charge < -0.3 is 15.0 Å². The Balaban J connectivity index is 1.96.